The third kappa shape index (κ3) is 3.56. The maximum Gasteiger partial charge on any atom is 0.306 e. The Hall–Kier alpha value is -2.70. The van der Waals surface area contributed by atoms with E-state index in [2.05, 4.69) is 20.5 Å². The molecule has 0 radical (unpaired) electrons. The number of aromatic amines is 1. The summed E-state index contributed by atoms with van der Waals surface area (Å²) in [6.45, 7) is 0. The van der Waals surface area contributed by atoms with E-state index in [1.807, 2.05) is 24.3 Å². The fourth-order valence-corrected chi connectivity index (χ4v) is 2.94. The number of anilines is 1. The third-order valence-corrected chi connectivity index (χ3v) is 4.27. The van der Waals surface area contributed by atoms with Crippen LogP contribution < -0.4 is 5.32 Å². The molecule has 0 aliphatic heterocycles. The van der Waals surface area contributed by atoms with Gasteiger partial charge < -0.3 is 10.4 Å². The molecule has 0 saturated heterocycles. The highest BCUT2D eigenvalue weighted by Crippen LogP contribution is 2.30. The normalized spacial score (nSPS) is 20.9. The van der Waals surface area contributed by atoms with Crippen LogP contribution in [0.4, 0.5) is 5.69 Å². The SMILES string of the molecule is O=C(O)C1CCC(C(=O)Nc2cccc(-c3ncn[nH]3)c2)CC1. The molecule has 3 rings (SSSR count). The number of carbonyl (C=O) groups excluding carboxylic acids is 1. The molecule has 23 heavy (non-hydrogen) atoms. The van der Waals surface area contributed by atoms with Crippen LogP contribution in [0.15, 0.2) is 30.6 Å². The summed E-state index contributed by atoms with van der Waals surface area (Å²) >= 11 is 0. The number of benzene rings is 1. The van der Waals surface area contributed by atoms with Crippen LogP contribution in [-0.4, -0.2) is 32.2 Å². The van der Waals surface area contributed by atoms with Gasteiger partial charge in [-0.2, -0.15) is 5.10 Å². The molecule has 7 nitrogen and oxygen atoms in total. The second-order valence-electron chi connectivity index (χ2n) is 5.79. The van der Waals surface area contributed by atoms with E-state index in [0.717, 1.165) is 5.56 Å². The van der Waals surface area contributed by atoms with E-state index in [-0.39, 0.29) is 17.7 Å². The summed E-state index contributed by atoms with van der Waals surface area (Å²) in [6.07, 6.45) is 3.79. The van der Waals surface area contributed by atoms with Gasteiger partial charge in [-0.15, -0.1) is 0 Å². The van der Waals surface area contributed by atoms with Crippen molar-refractivity contribution < 1.29 is 14.7 Å². The molecule has 1 saturated carbocycles. The average molecular weight is 314 g/mol. The Bertz CT molecular complexity index is 691. The van der Waals surface area contributed by atoms with Gasteiger partial charge in [0.1, 0.15) is 6.33 Å². The van der Waals surface area contributed by atoms with Gasteiger partial charge in [0.15, 0.2) is 5.82 Å². The summed E-state index contributed by atoms with van der Waals surface area (Å²) in [6, 6.07) is 7.38. The Morgan fingerprint density at radius 3 is 2.57 bits per heavy atom. The molecule has 7 heteroatoms. The fourth-order valence-electron chi connectivity index (χ4n) is 2.94. The van der Waals surface area contributed by atoms with Gasteiger partial charge in [0.05, 0.1) is 5.92 Å². The molecule has 120 valence electrons. The van der Waals surface area contributed by atoms with Crippen LogP contribution in [0.3, 0.4) is 0 Å². The maximum absolute atomic E-state index is 12.3. The smallest absolute Gasteiger partial charge is 0.306 e. The summed E-state index contributed by atoms with van der Waals surface area (Å²) in [5.41, 5.74) is 1.54. The molecule has 1 fully saturated rings. The first-order valence-corrected chi connectivity index (χ1v) is 7.63. The highest BCUT2D eigenvalue weighted by Gasteiger charge is 2.29. The molecule has 1 aliphatic rings. The number of hydrogen-bond donors (Lipinski definition) is 3. The molecular formula is C16H18N4O3. The Kier molecular flexibility index (Phi) is 4.36. The molecule has 1 heterocycles. The molecule has 3 N–H and O–H groups in total. The van der Waals surface area contributed by atoms with E-state index in [1.165, 1.54) is 6.33 Å². The van der Waals surface area contributed by atoms with Gasteiger partial charge in [-0.05, 0) is 37.8 Å². The molecule has 2 aromatic rings. The summed E-state index contributed by atoms with van der Waals surface area (Å²) in [4.78, 5) is 27.4. The Balaban J connectivity index is 1.62. The van der Waals surface area contributed by atoms with E-state index < -0.39 is 5.97 Å². The Labute approximate surface area is 133 Å². The molecule has 1 amide bonds. The first kappa shape index (κ1) is 15.2. The van der Waals surface area contributed by atoms with Crippen LogP contribution in [0.25, 0.3) is 11.4 Å². The van der Waals surface area contributed by atoms with Crippen LogP contribution in [-0.2, 0) is 9.59 Å². The highest BCUT2D eigenvalue weighted by atomic mass is 16.4. The fraction of sp³-hybridized carbons (Fsp3) is 0.375. The number of hydrogen-bond acceptors (Lipinski definition) is 4. The van der Waals surface area contributed by atoms with Crippen molar-refractivity contribution >= 4 is 17.6 Å². The van der Waals surface area contributed by atoms with Crippen molar-refractivity contribution in [2.24, 2.45) is 11.8 Å². The average Bonchev–Trinajstić information content (AvgIpc) is 3.10. The van der Waals surface area contributed by atoms with Crippen LogP contribution in [0, 0.1) is 11.8 Å². The number of carboxylic acid groups (broad SMARTS) is 1. The number of H-pyrrole nitrogens is 1. The Morgan fingerprint density at radius 1 is 1.17 bits per heavy atom. The van der Waals surface area contributed by atoms with Gasteiger partial charge in [-0.1, -0.05) is 12.1 Å². The lowest BCUT2D eigenvalue weighted by atomic mass is 9.81. The number of nitrogens with zero attached hydrogens (tertiary/aromatic N) is 2. The largest absolute Gasteiger partial charge is 0.481 e. The lowest BCUT2D eigenvalue weighted by Crippen LogP contribution is -2.29. The van der Waals surface area contributed by atoms with Crippen molar-refractivity contribution in [2.45, 2.75) is 25.7 Å². The van der Waals surface area contributed by atoms with Crippen molar-refractivity contribution in [3.63, 3.8) is 0 Å². The van der Waals surface area contributed by atoms with Gasteiger partial charge in [-0.3, -0.25) is 14.7 Å². The predicted octanol–water partition coefficient (Wildman–Crippen LogP) is 2.30. The monoisotopic (exact) mass is 314 g/mol. The van der Waals surface area contributed by atoms with Crippen molar-refractivity contribution in [1.82, 2.24) is 15.2 Å². The number of aromatic nitrogens is 3. The number of rotatable bonds is 4. The summed E-state index contributed by atoms with van der Waals surface area (Å²) < 4.78 is 0. The minimum absolute atomic E-state index is 0.0523. The van der Waals surface area contributed by atoms with Gasteiger partial charge in [-0.25, -0.2) is 4.98 Å². The number of amides is 1. The molecular weight excluding hydrogens is 296 g/mol. The van der Waals surface area contributed by atoms with Gasteiger partial charge >= 0.3 is 5.97 Å². The summed E-state index contributed by atoms with van der Waals surface area (Å²) in [5.74, 6) is -0.608. The molecule has 1 aromatic heterocycles. The minimum atomic E-state index is -0.761. The first-order valence-electron chi connectivity index (χ1n) is 7.63. The number of aliphatic carboxylic acids is 1. The minimum Gasteiger partial charge on any atom is -0.481 e. The lowest BCUT2D eigenvalue weighted by molar-refractivity contribution is -0.143. The standard InChI is InChI=1S/C16H18N4O3/c21-15(10-4-6-11(7-5-10)16(22)23)19-13-3-1-2-12(8-13)14-17-9-18-20-14/h1-3,8-11H,4-7H2,(H,19,21)(H,22,23)(H,17,18,20). The molecule has 1 aromatic carbocycles. The van der Waals surface area contributed by atoms with Gasteiger partial charge in [0, 0.05) is 17.2 Å². The zero-order valence-corrected chi connectivity index (χ0v) is 12.5. The second kappa shape index (κ2) is 6.60. The Morgan fingerprint density at radius 2 is 1.91 bits per heavy atom. The molecule has 0 atom stereocenters. The zero-order chi connectivity index (χ0) is 16.2. The van der Waals surface area contributed by atoms with Crippen molar-refractivity contribution in [1.29, 1.82) is 0 Å². The van der Waals surface area contributed by atoms with E-state index in [1.54, 1.807) is 0 Å². The van der Waals surface area contributed by atoms with Crippen molar-refractivity contribution in [2.75, 3.05) is 5.32 Å². The number of nitrogens with one attached hydrogen (secondary N) is 2. The summed E-state index contributed by atoms with van der Waals surface area (Å²) in [7, 11) is 0. The summed E-state index contributed by atoms with van der Waals surface area (Å²) in [5, 5.41) is 18.5. The van der Waals surface area contributed by atoms with Crippen LogP contribution in [0.1, 0.15) is 25.7 Å². The van der Waals surface area contributed by atoms with Crippen LogP contribution >= 0.6 is 0 Å². The molecule has 0 unspecified atom stereocenters. The zero-order valence-electron chi connectivity index (χ0n) is 12.5. The van der Waals surface area contributed by atoms with E-state index in [4.69, 9.17) is 5.11 Å². The van der Waals surface area contributed by atoms with Crippen LogP contribution in [0.2, 0.25) is 0 Å². The van der Waals surface area contributed by atoms with Crippen LogP contribution in [0.5, 0.6) is 0 Å². The quantitative estimate of drug-likeness (QED) is 0.802. The number of carbonyl (C=O) groups is 2. The van der Waals surface area contributed by atoms with Crippen molar-refractivity contribution in [3.05, 3.63) is 30.6 Å². The van der Waals surface area contributed by atoms with E-state index in [0.29, 0.717) is 37.2 Å². The number of carboxylic acids is 1. The topological polar surface area (TPSA) is 108 Å². The highest BCUT2D eigenvalue weighted by molar-refractivity contribution is 5.93. The van der Waals surface area contributed by atoms with Crippen molar-refractivity contribution in [3.8, 4) is 11.4 Å². The van der Waals surface area contributed by atoms with E-state index in [9.17, 15) is 9.59 Å². The van der Waals surface area contributed by atoms with E-state index >= 15 is 0 Å². The molecule has 1 aliphatic carbocycles. The van der Waals surface area contributed by atoms with Gasteiger partial charge in [0.2, 0.25) is 5.91 Å². The maximum atomic E-state index is 12.3. The molecule has 0 spiro atoms. The van der Waals surface area contributed by atoms with Gasteiger partial charge in [0.25, 0.3) is 0 Å². The third-order valence-electron chi connectivity index (χ3n) is 4.27. The first-order chi connectivity index (χ1) is 11.1. The predicted molar refractivity (Wildman–Crippen MR) is 83.5 cm³/mol. The lowest BCUT2D eigenvalue weighted by Gasteiger charge is -2.25. The second-order valence-corrected chi connectivity index (χ2v) is 5.79. The molecule has 0 bridgehead atoms.